The summed E-state index contributed by atoms with van der Waals surface area (Å²) in [6, 6.07) is 8.06. The predicted octanol–water partition coefficient (Wildman–Crippen LogP) is 2.80. The molecule has 0 fully saturated rings. The van der Waals surface area contributed by atoms with Crippen molar-refractivity contribution in [3.8, 4) is 11.3 Å². The Bertz CT molecular complexity index is 549. The molecule has 0 amide bonds. The first-order chi connectivity index (χ1) is 7.59. The molecule has 0 aliphatic carbocycles. The molecule has 0 spiro atoms. The minimum absolute atomic E-state index is 0.137. The van der Waals surface area contributed by atoms with Crippen molar-refractivity contribution in [3.05, 3.63) is 46.0 Å². The maximum absolute atomic E-state index is 11.4. The number of hydrogen-bond donors (Lipinski definition) is 2. The third kappa shape index (κ3) is 1.81. The van der Waals surface area contributed by atoms with Gasteiger partial charge in [0.15, 0.2) is 0 Å². The van der Waals surface area contributed by atoms with Crippen LogP contribution in [0.25, 0.3) is 11.3 Å². The molecule has 0 radical (unpaired) electrons. The zero-order valence-corrected chi connectivity index (χ0v) is 9.79. The second kappa shape index (κ2) is 4.00. The van der Waals surface area contributed by atoms with Gasteiger partial charge in [0.25, 0.3) is 0 Å². The first-order valence-electron chi connectivity index (χ1n) is 5.47. The highest BCUT2D eigenvalue weighted by atomic mass is 16.1. The number of imidazole rings is 1. The van der Waals surface area contributed by atoms with Gasteiger partial charge in [0.05, 0.1) is 5.69 Å². The van der Waals surface area contributed by atoms with Crippen molar-refractivity contribution in [2.24, 2.45) is 0 Å². The Kier molecular flexibility index (Phi) is 2.69. The fourth-order valence-corrected chi connectivity index (χ4v) is 1.90. The van der Waals surface area contributed by atoms with Crippen LogP contribution < -0.4 is 5.69 Å². The number of aromatic amines is 2. The minimum atomic E-state index is -0.137. The minimum Gasteiger partial charge on any atom is -0.309 e. The summed E-state index contributed by atoms with van der Waals surface area (Å²) in [5.41, 5.74) is 4.00. The van der Waals surface area contributed by atoms with Gasteiger partial charge in [0.2, 0.25) is 0 Å². The summed E-state index contributed by atoms with van der Waals surface area (Å²) in [6.45, 7) is 6.19. The second-order valence-corrected chi connectivity index (χ2v) is 4.34. The van der Waals surface area contributed by atoms with Crippen LogP contribution in [0.1, 0.15) is 31.0 Å². The number of aromatic nitrogens is 2. The molecule has 2 rings (SSSR count). The lowest BCUT2D eigenvalue weighted by Crippen LogP contribution is -2.01. The van der Waals surface area contributed by atoms with Crippen molar-refractivity contribution in [1.82, 2.24) is 9.97 Å². The standard InChI is InChI=1S/C13H16N2O/c1-8(2)11-12(15-13(16)14-11)10-7-5-4-6-9(10)3/h4-8H,1-3H3,(H2,14,15,16). The molecule has 1 aromatic carbocycles. The molecule has 0 saturated carbocycles. The van der Waals surface area contributed by atoms with Gasteiger partial charge < -0.3 is 9.97 Å². The zero-order valence-electron chi connectivity index (χ0n) is 9.79. The Balaban J connectivity index is 2.64. The molecule has 0 aliphatic rings. The lowest BCUT2D eigenvalue weighted by Gasteiger charge is -2.08. The normalized spacial score (nSPS) is 11.0. The van der Waals surface area contributed by atoms with Crippen molar-refractivity contribution in [2.45, 2.75) is 26.7 Å². The molecule has 3 nitrogen and oxygen atoms in total. The van der Waals surface area contributed by atoms with Gasteiger partial charge in [-0.05, 0) is 18.4 Å². The number of nitrogens with one attached hydrogen (secondary N) is 2. The van der Waals surface area contributed by atoms with Gasteiger partial charge in [0.1, 0.15) is 0 Å². The summed E-state index contributed by atoms with van der Waals surface area (Å²) in [4.78, 5) is 17.1. The maximum Gasteiger partial charge on any atom is 0.323 e. The topological polar surface area (TPSA) is 48.6 Å². The highest BCUT2D eigenvalue weighted by molar-refractivity contribution is 5.65. The van der Waals surface area contributed by atoms with E-state index in [-0.39, 0.29) is 5.69 Å². The average Bonchev–Trinajstić information content (AvgIpc) is 2.61. The van der Waals surface area contributed by atoms with Crippen LogP contribution in [-0.2, 0) is 0 Å². The SMILES string of the molecule is Cc1ccccc1-c1[nH]c(=O)[nH]c1C(C)C. The number of hydrogen-bond acceptors (Lipinski definition) is 1. The van der Waals surface area contributed by atoms with E-state index < -0.39 is 0 Å². The van der Waals surface area contributed by atoms with E-state index in [9.17, 15) is 4.79 Å². The third-order valence-electron chi connectivity index (χ3n) is 2.75. The summed E-state index contributed by atoms with van der Waals surface area (Å²) < 4.78 is 0. The summed E-state index contributed by atoms with van der Waals surface area (Å²) in [7, 11) is 0. The molecule has 0 atom stereocenters. The maximum atomic E-state index is 11.4. The van der Waals surface area contributed by atoms with Crippen LogP contribution in [0.5, 0.6) is 0 Å². The van der Waals surface area contributed by atoms with E-state index in [2.05, 4.69) is 23.8 Å². The van der Waals surface area contributed by atoms with Crippen LogP contribution in [0.2, 0.25) is 0 Å². The van der Waals surface area contributed by atoms with E-state index in [4.69, 9.17) is 0 Å². The molecule has 0 aliphatic heterocycles. The van der Waals surface area contributed by atoms with Gasteiger partial charge in [0, 0.05) is 11.3 Å². The van der Waals surface area contributed by atoms with Gasteiger partial charge >= 0.3 is 5.69 Å². The quantitative estimate of drug-likeness (QED) is 0.796. The number of H-pyrrole nitrogens is 2. The Hall–Kier alpha value is -1.77. The molecular formula is C13H16N2O. The van der Waals surface area contributed by atoms with Crippen molar-refractivity contribution < 1.29 is 0 Å². The van der Waals surface area contributed by atoms with E-state index >= 15 is 0 Å². The van der Waals surface area contributed by atoms with Crippen molar-refractivity contribution in [3.63, 3.8) is 0 Å². The largest absolute Gasteiger partial charge is 0.323 e. The van der Waals surface area contributed by atoms with E-state index in [1.165, 1.54) is 5.56 Å². The highest BCUT2D eigenvalue weighted by Gasteiger charge is 2.13. The number of aryl methyl sites for hydroxylation is 1. The molecule has 0 saturated heterocycles. The summed E-state index contributed by atoms with van der Waals surface area (Å²) in [5.74, 6) is 0.300. The van der Waals surface area contributed by atoms with E-state index in [0.717, 1.165) is 17.0 Å². The molecule has 1 heterocycles. The Morgan fingerprint density at radius 3 is 2.44 bits per heavy atom. The fourth-order valence-electron chi connectivity index (χ4n) is 1.90. The van der Waals surface area contributed by atoms with Crippen LogP contribution in [0.15, 0.2) is 29.1 Å². The summed E-state index contributed by atoms with van der Waals surface area (Å²) in [5, 5.41) is 0. The Labute approximate surface area is 94.5 Å². The smallest absolute Gasteiger partial charge is 0.309 e. The van der Waals surface area contributed by atoms with Crippen LogP contribution in [0.3, 0.4) is 0 Å². The van der Waals surface area contributed by atoms with Gasteiger partial charge in [-0.3, -0.25) is 0 Å². The molecule has 1 aromatic heterocycles. The van der Waals surface area contributed by atoms with E-state index in [1.807, 2.05) is 31.2 Å². The van der Waals surface area contributed by atoms with Crippen LogP contribution in [-0.4, -0.2) is 9.97 Å². The molecular weight excluding hydrogens is 200 g/mol. The molecule has 84 valence electrons. The molecule has 2 N–H and O–H groups in total. The van der Waals surface area contributed by atoms with E-state index in [0.29, 0.717) is 5.92 Å². The number of rotatable bonds is 2. The highest BCUT2D eigenvalue weighted by Crippen LogP contribution is 2.26. The van der Waals surface area contributed by atoms with Gasteiger partial charge in [-0.15, -0.1) is 0 Å². The van der Waals surface area contributed by atoms with Gasteiger partial charge in [-0.2, -0.15) is 0 Å². The van der Waals surface area contributed by atoms with E-state index in [1.54, 1.807) is 0 Å². The molecule has 3 heteroatoms. The zero-order chi connectivity index (χ0) is 11.7. The molecule has 16 heavy (non-hydrogen) atoms. The Morgan fingerprint density at radius 2 is 1.81 bits per heavy atom. The lowest BCUT2D eigenvalue weighted by molar-refractivity contribution is 0.831. The van der Waals surface area contributed by atoms with Crippen molar-refractivity contribution >= 4 is 0 Å². The Morgan fingerprint density at radius 1 is 1.12 bits per heavy atom. The van der Waals surface area contributed by atoms with Crippen LogP contribution in [0.4, 0.5) is 0 Å². The second-order valence-electron chi connectivity index (χ2n) is 4.34. The van der Waals surface area contributed by atoms with Gasteiger partial charge in [-0.25, -0.2) is 4.79 Å². The lowest BCUT2D eigenvalue weighted by atomic mass is 10.00. The summed E-state index contributed by atoms with van der Waals surface area (Å²) in [6.07, 6.45) is 0. The molecule has 2 aromatic rings. The number of benzene rings is 1. The average molecular weight is 216 g/mol. The van der Waals surface area contributed by atoms with Gasteiger partial charge in [-0.1, -0.05) is 38.1 Å². The van der Waals surface area contributed by atoms with Crippen molar-refractivity contribution in [1.29, 1.82) is 0 Å². The fraction of sp³-hybridized carbons (Fsp3) is 0.308. The third-order valence-corrected chi connectivity index (χ3v) is 2.75. The predicted molar refractivity (Wildman–Crippen MR) is 65.7 cm³/mol. The van der Waals surface area contributed by atoms with Crippen LogP contribution >= 0.6 is 0 Å². The first kappa shape index (κ1) is 10.7. The molecule has 0 unspecified atom stereocenters. The van der Waals surface area contributed by atoms with Crippen molar-refractivity contribution in [2.75, 3.05) is 0 Å². The van der Waals surface area contributed by atoms with Crippen LogP contribution in [0, 0.1) is 6.92 Å². The monoisotopic (exact) mass is 216 g/mol. The summed E-state index contributed by atoms with van der Waals surface area (Å²) >= 11 is 0. The molecule has 0 bridgehead atoms. The first-order valence-corrected chi connectivity index (χ1v) is 5.47.